The van der Waals surface area contributed by atoms with E-state index in [-0.39, 0.29) is 12.0 Å². The van der Waals surface area contributed by atoms with Crippen LogP contribution in [0.4, 0.5) is 13.2 Å². The molecule has 2 N–H and O–H groups in total. The second-order valence-electron chi connectivity index (χ2n) is 5.66. The van der Waals surface area contributed by atoms with Crippen molar-refractivity contribution in [2.45, 2.75) is 38.4 Å². The minimum Gasteiger partial charge on any atom is -0.396 e. The summed E-state index contributed by atoms with van der Waals surface area (Å²) in [6.45, 7) is 1.41. The lowest BCUT2D eigenvalue weighted by molar-refractivity contribution is -0.137. The molecule has 112 valence electrons. The Kier molecular flexibility index (Phi) is 4.70. The van der Waals surface area contributed by atoms with Crippen molar-refractivity contribution >= 4 is 0 Å². The molecule has 1 saturated carbocycles. The van der Waals surface area contributed by atoms with Gasteiger partial charge in [-0.3, -0.25) is 0 Å². The largest absolute Gasteiger partial charge is 0.416 e. The average Bonchev–Trinajstić information content (AvgIpc) is 2.88. The van der Waals surface area contributed by atoms with Gasteiger partial charge >= 0.3 is 6.18 Å². The molecule has 1 aliphatic carbocycles. The minimum atomic E-state index is -4.28. The topological polar surface area (TPSA) is 32.3 Å². The fraction of sp³-hybridized carbons (Fsp3) is 0.600. The van der Waals surface area contributed by atoms with Gasteiger partial charge in [-0.1, -0.05) is 25.0 Å². The Hall–Kier alpha value is -1.07. The van der Waals surface area contributed by atoms with Crippen molar-refractivity contribution in [2.75, 3.05) is 13.2 Å². The van der Waals surface area contributed by atoms with Crippen LogP contribution in [0.5, 0.6) is 0 Å². The third-order valence-electron chi connectivity index (χ3n) is 4.11. The van der Waals surface area contributed by atoms with E-state index in [1.54, 1.807) is 0 Å². The van der Waals surface area contributed by atoms with Crippen molar-refractivity contribution < 1.29 is 18.3 Å². The molecule has 1 aliphatic rings. The number of benzene rings is 1. The molecule has 0 aliphatic heterocycles. The fourth-order valence-corrected chi connectivity index (χ4v) is 2.80. The first-order valence-electron chi connectivity index (χ1n) is 6.93. The van der Waals surface area contributed by atoms with Crippen LogP contribution in [0.3, 0.4) is 0 Å². The van der Waals surface area contributed by atoms with Gasteiger partial charge in [0, 0.05) is 25.1 Å². The monoisotopic (exact) mass is 287 g/mol. The molecule has 0 aromatic heterocycles. The molecule has 0 heterocycles. The van der Waals surface area contributed by atoms with Gasteiger partial charge in [-0.05, 0) is 30.5 Å². The smallest absolute Gasteiger partial charge is 0.396 e. The summed E-state index contributed by atoms with van der Waals surface area (Å²) in [4.78, 5) is 0. The van der Waals surface area contributed by atoms with E-state index in [9.17, 15) is 18.3 Å². The Morgan fingerprint density at radius 2 is 1.70 bits per heavy atom. The summed E-state index contributed by atoms with van der Waals surface area (Å²) < 4.78 is 37.3. The van der Waals surface area contributed by atoms with Crippen molar-refractivity contribution in [2.24, 2.45) is 5.41 Å². The zero-order chi connectivity index (χ0) is 14.6. The van der Waals surface area contributed by atoms with E-state index in [2.05, 4.69) is 5.32 Å². The Morgan fingerprint density at radius 3 is 2.20 bits per heavy atom. The standard InChI is InChI=1S/C15H20F3NO/c16-15(17,18)13-5-3-12(4-6-13)9-19-10-14(11-20)7-1-2-8-14/h3-6,19-20H,1-2,7-11H2. The van der Waals surface area contributed by atoms with Gasteiger partial charge < -0.3 is 10.4 Å². The lowest BCUT2D eigenvalue weighted by Crippen LogP contribution is -2.34. The lowest BCUT2D eigenvalue weighted by Gasteiger charge is -2.26. The highest BCUT2D eigenvalue weighted by molar-refractivity contribution is 5.24. The van der Waals surface area contributed by atoms with E-state index in [1.165, 1.54) is 12.1 Å². The highest BCUT2D eigenvalue weighted by Crippen LogP contribution is 2.37. The van der Waals surface area contributed by atoms with Crippen LogP contribution in [0.15, 0.2) is 24.3 Å². The second kappa shape index (κ2) is 6.14. The summed E-state index contributed by atoms with van der Waals surface area (Å²) in [5, 5.41) is 12.7. The normalized spacial score (nSPS) is 18.4. The number of nitrogens with one attached hydrogen (secondary N) is 1. The molecule has 0 atom stereocenters. The number of hydrogen-bond donors (Lipinski definition) is 2. The van der Waals surface area contributed by atoms with Crippen LogP contribution >= 0.6 is 0 Å². The predicted octanol–water partition coefficient (Wildman–Crippen LogP) is 3.35. The molecule has 1 aromatic carbocycles. The fourth-order valence-electron chi connectivity index (χ4n) is 2.80. The van der Waals surface area contributed by atoms with Gasteiger partial charge in [-0.2, -0.15) is 13.2 Å². The minimum absolute atomic E-state index is 0.0358. The molecule has 1 fully saturated rings. The summed E-state index contributed by atoms with van der Waals surface area (Å²) in [5.74, 6) is 0. The first kappa shape index (κ1) is 15.3. The van der Waals surface area contributed by atoms with Crippen LogP contribution in [-0.2, 0) is 12.7 Å². The molecule has 0 radical (unpaired) electrons. The van der Waals surface area contributed by atoms with Crippen LogP contribution < -0.4 is 5.32 Å². The number of halogens is 3. The van der Waals surface area contributed by atoms with Gasteiger partial charge in [-0.25, -0.2) is 0 Å². The van der Waals surface area contributed by atoms with Crippen molar-refractivity contribution in [1.82, 2.24) is 5.32 Å². The maximum absolute atomic E-state index is 12.4. The van der Waals surface area contributed by atoms with Gasteiger partial charge in [0.1, 0.15) is 0 Å². The zero-order valence-corrected chi connectivity index (χ0v) is 11.3. The lowest BCUT2D eigenvalue weighted by atomic mass is 9.87. The van der Waals surface area contributed by atoms with Crippen LogP contribution in [0.1, 0.15) is 36.8 Å². The van der Waals surface area contributed by atoms with Crippen molar-refractivity contribution in [3.05, 3.63) is 35.4 Å². The summed E-state index contributed by atoms with van der Waals surface area (Å²) in [7, 11) is 0. The maximum atomic E-state index is 12.4. The molecule has 0 saturated heterocycles. The number of hydrogen-bond acceptors (Lipinski definition) is 2. The van der Waals surface area contributed by atoms with E-state index in [1.807, 2.05) is 0 Å². The van der Waals surface area contributed by atoms with Crippen LogP contribution in [0.2, 0.25) is 0 Å². The second-order valence-corrected chi connectivity index (χ2v) is 5.66. The third kappa shape index (κ3) is 3.73. The van der Waals surface area contributed by atoms with E-state index < -0.39 is 11.7 Å². The molecule has 2 nitrogen and oxygen atoms in total. The van der Waals surface area contributed by atoms with E-state index in [4.69, 9.17) is 0 Å². The molecule has 0 unspecified atom stereocenters. The van der Waals surface area contributed by atoms with Gasteiger partial charge in [-0.15, -0.1) is 0 Å². The number of aliphatic hydroxyl groups is 1. The molecular weight excluding hydrogens is 267 g/mol. The molecule has 2 rings (SSSR count). The number of alkyl halides is 3. The molecule has 20 heavy (non-hydrogen) atoms. The van der Waals surface area contributed by atoms with Gasteiger partial charge in [0.25, 0.3) is 0 Å². The van der Waals surface area contributed by atoms with E-state index >= 15 is 0 Å². The van der Waals surface area contributed by atoms with Crippen LogP contribution in [0.25, 0.3) is 0 Å². The summed E-state index contributed by atoms with van der Waals surface area (Å²) in [6, 6.07) is 5.20. The first-order valence-corrected chi connectivity index (χ1v) is 6.93. The molecular formula is C15H20F3NO. The Bertz CT molecular complexity index is 422. The highest BCUT2D eigenvalue weighted by Gasteiger charge is 2.32. The summed E-state index contributed by atoms with van der Waals surface area (Å²) in [6.07, 6.45) is 0.0365. The molecule has 0 bridgehead atoms. The Labute approximate surface area is 117 Å². The van der Waals surface area contributed by atoms with E-state index in [0.717, 1.165) is 43.4 Å². The first-order chi connectivity index (χ1) is 9.45. The van der Waals surface area contributed by atoms with Crippen molar-refractivity contribution in [3.63, 3.8) is 0 Å². The quantitative estimate of drug-likeness (QED) is 0.870. The van der Waals surface area contributed by atoms with Gasteiger partial charge in [0.05, 0.1) is 5.56 Å². The molecule has 0 spiro atoms. The molecule has 5 heteroatoms. The third-order valence-corrected chi connectivity index (χ3v) is 4.11. The van der Waals surface area contributed by atoms with E-state index in [0.29, 0.717) is 13.1 Å². The average molecular weight is 287 g/mol. The summed E-state index contributed by atoms with van der Waals surface area (Å²) in [5.41, 5.74) is 0.166. The van der Waals surface area contributed by atoms with Crippen molar-refractivity contribution in [3.8, 4) is 0 Å². The maximum Gasteiger partial charge on any atom is 0.416 e. The predicted molar refractivity (Wildman–Crippen MR) is 71.1 cm³/mol. The summed E-state index contributed by atoms with van der Waals surface area (Å²) >= 11 is 0. The van der Waals surface area contributed by atoms with Crippen LogP contribution in [-0.4, -0.2) is 18.3 Å². The van der Waals surface area contributed by atoms with Gasteiger partial charge in [0.15, 0.2) is 0 Å². The Balaban J connectivity index is 1.85. The number of aliphatic hydroxyl groups excluding tert-OH is 1. The van der Waals surface area contributed by atoms with Gasteiger partial charge in [0.2, 0.25) is 0 Å². The number of rotatable bonds is 5. The SMILES string of the molecule is OCC1(CNCc2ccc(C(F)(F)F)cc2)CCCC1. The molecule has 1 aromatic rings. The Morgan fingerprint density at radius 1 is 1.10 bits per heavy atom. The van der Waals surface area contributed by atoms with Crippen molar-refractivity contribution in [1.29, 1.82) is 0 Å². The van der Waals surface area contributed by atoms with Crippen LogP contribution in [0, 0.1) is 5.41 Å². The molecule has 0 amide bonds. The zero-order valence-electron chi connectivity index (χ0n) is 11.3. The highest BCUT2D eigenvalue weighted by atomic mass is 19.4.